The average molecular weight is 128 g/mol. The van der Waals surface area contributed by atoms with Gasteiger partial charge in [-0.2, -0.15) is 0 Å². The molecule has 1 saturated carbocycles. The van der Waals surface area contributed by atoms with Crippen molar-refractivity contribution < 1.29 is 5.11 Å². The van der Waals surface area contributed by atoms with Crippen molar-refractivity contribution in [2.75, 3.05) is 6.61 Å². The second-order valence-electron chi connectivity index (χ2n) is 2.52. The van der Waals surface area contributed by atoms with Crippen LogP contribution < -0.4 is 5.73 Å². The van der Waals surface area contributed by atoms with Crippen molar-refractivity contribution in [2.24, 2.45) is 16.6 Å². The molecule has 0 aromatic carbocycles. The molecular weight excluding hydrogens is 116 g/mol. The van der Waals surface area contributed by atoms with Crippen LogP contribution in [0.25, 0.3) is 0 Å². The maximum absolute atomic E-state index is 8.58. The second kappa shape index (κ2) is 2.35. The first kappa shape index (κ1) is 6.55. The van der Waals surface area contributed by atoms with Crippen molar-refractivity contribution in [2.45, 2.75) is 19.4 Å². The third-order valence-corrected chi connectivity index (χ3v) is 1.49. The Balaban J connectivity index is 2.27. The van der Waals surface area contributed by atoms with Crippen molar-refractivity contribution in [1.29, 1.82) is 0 Å². The van der Waals surface area contributed by atoms with Crippen molar-refractivity contribution in [3.05, 3.63) is 0 Å². The molecule has 0 heterocycles. The number of aliphatic hydroxyl groups is 1. The van der Waals surface area contributed by atoms with Crippen LogP contribution in [0.5, 0.6) is 0 Å². The van der Waals surface area contributed by atoms with E-state index >= 15 is 0 Å². The number of rotatable bonds is 2. The molecule has 3 nitrogen and oxygen atoms in total. The quantitative estimate of drug-likeness (QED) is 0.398. The van der Waals surface area contributed by atoms with Gasteiger partial charge in [0.2, 0.25) is 0 Å². The lowest BCUT2D eigenvalue weighted by Crippen LogP contribution is -2.07. The van der Waals surface area contributed by atoms with E-state index in [0.29, 0.717) is 17.8 Å². The van der Waals surface area contributed by atoms with Crippen LogP contribution in [0.3, 0.4) is 0 Å². The van der Waals surface area contributed by atoms with Crippen molar-refractivity contribution >= 4 is 5.84 Å². The molecule has 0 radical (unpaired) electrons. The van der Waals surface area contributed by atoms with Gasteiger partial charge in [-0.25, -0.2) is 0 Å². The number of nitrogens with two attached hydrogens (primary N) is 1. The molecule has 0 bridgehead atoms. The van der Waals surface area contributed by atoms with E-state index in [1.165, 1.54) is 0 Å². The summed E-state index contributed by atoms with van der Waals surface area (Å²) in [5.74, 6) is 1.01. The van der Waals surface area contributed by atoms with E-state index in [1.807, 2.05) is 0 Å². The second-order valence-corrected chi connectivity index (χ2v) is 2.52. The van der Waals surface area contributed by atoms with Gasteiger partial charge in [-0.05, 0) is 13.3 Å². The predicted molar refractivity (Wildman–Crippen MR) is 36.3 cm³/mol. The highest BCUT2D eigenvalue weighted by atomic mass is 16.3. The molecule has 2 unspecified atom stereocenters. The van der Waals surface area contributed by atoms with Crippen LogP contribution in [0.1, 0.15) is 13.3 Å². The Hall–Kier alpha value is -0.570. The summed E-state index contributed by atoms with van der Waals surface area (Å²) >= 11 is 0. The summed E-state index contributed by atoms with van der Waals surface area (Å²) in [6.45, 7) is 2.02. The largest absolute Gasteiger partial charge is 0.396 e. The first-order valence-corrected chi connectivity index (χ1v) is 3.14. The highest BCUT2D eigenvalue weighted by Crippen LogP contribution is 2.32. The molecule has 9 heavy (non-hydrogen) atoms. The minimum Gasteiger partial charge on any atom is -0.396 e. The van der Waals surface area contributed by atoms with Crippen molar-refractivity contribution in [3.8, 4) is 0 Å². The molecule has 0 saturated heterocycles. The predicted octanol–water partition coefficient (Wildman–Crippen LogP) is -0.256. The average Bonchev–Trinajstić information content (AvgIpc) is 2.45. The lowest BCUT2D eigenvalue weighted by Gasteiger charge is -1.89. The number of aliphatic imine (C=N–C) groups is 1. The molecule has 0 amide bonds. The maximum atomic E-state index is 8.58. The molecule has 1 aliphatic carbocycles. The molecule has 0 spiro atoms. The first-order chi connectivity index (χ1) is 4.24. The van der Waals surface area contributed by atoms with E-state index < -0.39 is 0 Å². The monoisotopic (exact) mass is 128 g/mol. The van der Waals surface area contributed by atoms with Crippen LogP contribution in [0.4, 0.5) is 0 Å². The van der Waals surface area contributed by atoms with Gasteiger partial charge < -0.3 is 10.8 Å². The van der Waals surface area contributed by atoms with E-state index in [1.54, 1.807) is 6.92 Å². The highest BCUT2D eigenvalue weighted by molar-refractivity contribution is 5.77. The zero-order chi connectivity index (χ0) is 6.85. The standard InChI is InChI=1S/C6H12N2O/c1-4(7)8-6-2-5(6)3-9/h5-6,9H,2-3H2,1H3,(H2,7,8). The van der Waals surface area contributed by atoms with Gasteiger partial charge in [-0.1, -0.05) is 0 Å². The summed E-state index contributed by atoms with van der Waals surface area (Å²) in [5, 5.41) is 8.58. The van der Waals surface area contributed by atoms with Gasteiger partial charge in [0.05, 0.1) is 11.9 Å². The van der Waals surface area contributed by atoms with E-state index in [2.05, 4.69) is 4.99 Å². The molecule has 1 rings (SSSR count). The van der Waals surface area contributed by atoms with E-state index in [-0.39, 0.29) is 6.61 Å². The third-order valence-electron chi connectivity index (χ3n) is 1.49. The summed E-state index contributed by atoms with van der Waals surface area (Å²) in [6.07, 6.45) is 1.00. The highest BCUT2D eigenvalue weighted by Gasteiger charge is 2.35. The van der Waals surface area contributed by atoms with Crippen LogP contribution in [0.2, 0.25) is 0 Å². The molecule has 1 aliphatic rings. The summed E-state index contributed by atoms with van der Waals surface area (Å²) in [7, 11) is 0. The number of nitrogens with zero attached hydrogens (tertiary/aromatic N) is 1. The Kier molecular flexibility index (Phi) is 1.71. The van der Waals surface area contributed by atoms with Crippen molar-refractivity contribution in [3.63, 3.8) is 0 Å². The normalized spacial score (nSPS) is 34.7. The summed E-state index contributed by atoms with van der Waals surface area (Å²) in [5.41, 5.74) is 5.32. The van der Waals surface area contributed by atoms with Crippen LogP contribution >= 0.6 is 0 Å². The van der Waals surface area contributed by atoms with Gasteiger partial charge in [0.15, 0.2) is 0 Å². The van der Waals surface area contributed by atoms with Crippen LogP contribution in [0.15, 0.2) is 4.99 Å². The topological polar surface area (TPSA) is 58.6 Å². The fourth-order valence-electron chi connectivity index (χ4n) is 0.848. The number of hydrogen-bond donors (Lipinski definition) is 2. The van der Waals surface area contributed by atoms with Gasteiger partial charge in [0.1, 0.15) is 0 Å². The summed E-state index contributed by atoms with van der Waals surface area (Å²) in [6, 6.07) is 0.319. The minimum absolute atomic E-state index is 0.251. The molecule has 3 N–H and O–H groups in total. The van der Waals surface area contributed by atoms with Gasteiger partial charge in [-0.15, -0.1) is 0 Å². The van der Waals surface area contributed by atoms with E-state index in [4.69, 9.17) is 10.8 Å². The molecule has 52 valence electrons. The van der Waals surface area contributed by atoms with E-state index in [0.717, 1.165) is 6.42 Å². The Morgan fingerprint density at radius 2 is 2.56 bits per heavy atom. The Bertz CT molecular complexity index is 129. The van der Waals surface area contributed by atoms with Gasteiger partial charge in [0.25, 0.3) is 0 Å². The zero-order valence-electron chi connectivity index (χ0n) is 5.54. The zero-order valence-corrected chi connectivity index (χ0v) is 5.54. The third kappa shape index (κ3) is 1.68. The Morgan fingerprint density at radius 3 is 2.89 bits per heavy atom. The molecular formula is C6H12N2O. The molecule has 3 heteroatoms. The van der Waals surface area contributed by atoms with Gasteiger partial charge in [-0.3, -0.25) is 4.99 Å². The lowest BCUT2D eigenvalue weighted by atomic mass is 10.4. The van der Waals surface area contributed by atoms with Crippen LogP contribution in [-0.4, -0.2) is 23.6 Å². The fourth-order valence-corrected chi connectivity index (χ4v) is 0.848. The summed E-state index contributed by atoms with van der Waals surface area (Å²) in [4.78, 5) is 4.08. The molecule has 0 aromatic heterocycles. The fraction of sp³-hybridized carbons (Fsp3) is 0.833. The summed E-state index contributed by atoms with van der Waals surface area (Å²) < 4.78 is 0. The van der Waals surface area contributed by atoms with Crippen molar-refractivity contribution in [1.82, 2.24) is 0 Å². The van der Waals surface area contributed by atoms with Gasteiger partial charge >= 0.3 is 0 Å². The number of hydrogen-bond acceptors (Lipinski definition) is 2. The smallest absolute Gasteiger partial charge is 0.0909 e. The van der Waals surface area contributed by atoms with E-state index in [9.17, 15) is 0 Å². The maximum Gasteiger partial charge on any atom is 0.0909 e. The van der Waals surface area contributed by atoms with Crippen LogP contribution in [-0.2, 0) is 0 Å². The number of amidine groups is 1. The minimum atomic E-state index is 0.251. The molecule has 0 aliphatic heterocycles. The molecule has 0 aromatic rings. The molecule has 1 fully saturated rings. The van der Waals surface area contributed by atoms with Gasteiger partial charge in [0, 0.05) is 12.5 Å². The lowest BCUT2D eigenvalue weighted by molar-refractivity contribution is 0.274. The molecule has 2 atom stereocenters. The first-order valence-electron chi connectivity index (χ1n) is 3.14. The Morgan fingerprint density at radius 1 is 1.89 bits per heavy atom. The Labute approximate surface area is 54.6 Å². The van der Waals surface area contributed by atoms with Crippen LogP contribution in [0, 0.1) is 5.92 Å². The number of aliphatic hydroxyl groups excluding tert-OH is 1. The SMILES string of the molecule is CC(N)=NC1CC1CO.